The van der Waals surface area contributed by atoms with Gasteiger partial charge < -0.3 is 9.74 Å². The summed E-state index contributed by atoms with van der Waals surface area (Å²) >= 11 is 0. The van der Waals surface area contributed by atoms with Crippen molar-refractivity contribution in [3.63, 3.8) is 0 Å². The van der Waals surface area contributed by atoms with Crippen molar-refractivity contribution in [1.29, 1.82) is 0 Å². The highest BCUT2D eigenvalue weighted by Crippen LogP contribution is 1.96. The molecule has 0 aromatic heterocycles. The number of rotatable bonds is 7. The van der Waals surface area contributed by atoms with E-state index in [1.54, 1.807) is 0 Å². The van der Waals surface area contributed by atoms with E-state index in [9.17, 15) is 0 Å². The van der Waals surface area contributed by atoms with Gasteiger partial charge in [0.2, 0.25) is 0 Å². The van der Waals surface area contributed by atoms with Gasteiger partial charge in [-0.2, -0.15) is 5.48 Å². The van der Waals surface area contributed by atoms with Crippen LogP contribution in [0.3, 0.4) is 0 Å². The molecule has 0 aliphatic rings. The van der Waals surface area contributed by atoms with E-state index in [0.717, 1.165) is 26.1 Å². The van der Waals surface area contributed by atoms with Crippen LogP contribution in [0.15, 0.2) is 30.3 Å². The molecule has 0 bridgehead atoms. The van der Waals surface area contributed by atoms with E-state index >= 15 is 0 Å². The van der Waals surface area contributed by atoms with Crippen molar-refractivity contribution >= 4 is 0 Å². The maximum atomic E-state index is 5.31. The summed E-state index contributed by atoms with van der Waals surface area (Å²) < 4.78 is 0. The molecule has 0 unspecified atom stereocenters. The lowest BCUT2D eigenvalue weighted by Gasteiger charge is -2.09. The molecule has 0 spiro atoms. The number of hydrogen-bond acceptors (Lipinski definition) is 3. The molecule has 1 aromatic rings. The molecule has 0 aliphatic carbocycles. The first kappa shape index (κ1) is 12.2. The first-order chi connectivity index (χ1) is 7.29. The van der Waals surface area contributed by atoms with E-state index in [0.29, 0.717) is 0 Å². The van der Waals surface area contributed by atoms with Gasteiger partial charge in [0, 0.05) is 6.54 Å². The summed E-state index contributed by atoms with van der Waals surface area (Å²) in [7, 11) is 4.13. The minimum Gasteiger partial charge on any atom is -0.309 e. The van der Waals surface area contributed by atoms with Gasteiger partial charge in [0.05, 0.1) is 6.61 Å². The fraction of sp³-hybridized carbons (Fsp3) is 0.500. The Balaban J connectivity index is 1.98. The zero-order valence-corrected chi connectivity index (χ0v) is 9.57. The molecule has 3 nitrogen and oxygen atoms in total. The molecule has 1 N–H and O–H groups in total. The third-order valence-corrected chi connectivity index (χ3v) is 2.07. The van der Waals surface area contributed by atoms with E-state index in [1.165, 1.54) is 5.56 Å². The van der Waals surface area contributed by atoms with Crippen molar-refractivity contribution < 1.29 is 4.84 Å². The van der Waals surface area contributed by atoms with Gasteiger partial charge in [-0.1, -0.05) is 30.3 Å². The molecule has 15 heavy (non-hydrogen) atoms. The lowest BCUT2D eigenvalue weighted by Crippen LogP contribution is -2.19. The second-order valence-corrected chi connectivity index (χ2v) is 3.81. The van der Waals surface area contributed by atoms with Crippen molar-refractivity contribution in [2.75, 3.05) is 27.2 Å². The Morgan fingerprint density at radius 1 is 1.20 bits per heavy atom. The lowest BCUT2D eigenvalue weighted by molar-refractivity contribution is 0.0324. The fourth-order valence-corrected chi connectivity index (χ4v) is 1.26. The predicted octanol–water partition coefficient (Wildman–Crippen LogP) is 1.66. The Labute approximate surface area is 92.0 Å². The van der Waals surface area contributed by atoms with Gasteiger partial charge in [-0.3, -0.25) is 0 Å². The van der Waals surface area contributed by atoms with Crippen molar-refractivity contribution in [3.05, 3.63) is 35.9 Å². The highest BCUT2D eigenvalue weighted by molar-refractivity contribution is 5.13. The standard InChI is InChI=1S/C12H20N2O/c1-14(2)9-6-10-15-13-11-12-7-4-3-5-8-12/h3-5,7-8,13H,6,9-11H2,1-2H3. The molecular formula is C12H20N2O. The van der Waals surface area contributed by atoms with Gasteiger partial charge in [0.15, 0.2) is 0 Å². The molecule has 0 radical (unpaired) electrons. The molecule has 0 aliphatic heterocycles. The van der Waals surface area contributed by atoms with Gasteiger partial charge >= 0.3 is 0 Å². The smallest absolute Gasteiger partial charge is 0.0694 e. The normalized spacial score (nSPS) is 10.9. The van der Waals surface area contributed by atoms with Gasteiger partial charge in [-0.25, -0.2) is 0 Å². The van der Waals surface area contributed by atoms with E-state index in [1.807, 2.05) is 18.2 Å². The molecule has 0 heterocycles. The summed E-state index contributed by atoms with van der Waals surface area (Å²) in [6.07, 6.45) is 1.05. The van der Waals surface area contributed by atoms with E-state index in [4.69, 9.17) is 4.84 Å². The van der Waals surface area contributed by atoms with Gasteiger partial charge in [0.1, 0.15) is 0 Å². The third-order valence-electron chi connectivity index (χ3n) is 2.07. The number of hydrogen-bond donors (Lipinski definition) is 1. The second kappa shape index (κ2) is 7.40. The summed E-state index contributed by atoms with van der Waals surface area (Å²) in [6.45, 7) is 2.58. The highest BCUT2D eigenvalue weighted by atomic mass is 16.6. The van der Waals surface area contributed by atoms with Gasteiger partial charge in [-0.15, -0.1) is 0 Å². The lowest BCUT2D eigenvalue weighted by atomic mass is 10.2. The fourth-order valence-electron chi connectivity index (χ4n) is 1.26. The van der Waals surface area contributed by atoms with Crippen molar-refractivity contribution in [3.8, 4) is 0 Å². The molecule has 0 fully saturated rings. The Hall–Kier alpha value is -0.900. The Morgan fingerprint density at radius 2 is 1.93 bits per heavy atom. The number of hydroxylamine groups is 1. The summed E-state index contributed by atoms with van der Waals surface area (Å²) in [6, 6.07) is 10.2. The van der Waals surface area contributed by atoms with Crippen LogP contribution in [0.2, 0.25) is 0 Å². The van der Waals surface area contributed by atoms with Crippen LogP contribution in [0.25, 0.3) is 0 Å². The zero-order chi connectivity index (χ0) is 10.9. The van der Waals surface area contributed by atoms with Crippen LogP contribution < -0.4 is 5.48 Å². The van der Waals surface area contributed by atoms with Crippen LogP contribution in [-0.4, -0.2) is 32.1 Å². The van der Waals surface area contributed by atoms with E-state index < -0.39 is 0 Å². The molecule has 0 amide bonds. The zero-order valence-electron chi connectivity index (χ0n) is 9.57. The van der Waals surface area contributed by atoms with E-state index in [-0.39, 0.29) is 0 Å². The van der Waals surface area contributed by atoms with E-state index in [2.05, 4.69) is 36.6 Å². The Morgan fingerprint density at radius 3 is 2.60 bits per heavy atom. The van der Waals surface area contributed by atoms with Crippen LogP contribution >= 0.6 is 0 Å². The SMILES string of the molecule is CN(C)CCCONCc1ccccc1. The molecule has 0 saturated heterocycles. The minimum absolute atomic E-state index is 0.755. The van der Waals surface area contributed by atoms with Crippen LogP contribution in [0, 0.1) is 0 Å². The Bertz CT molecular complexity index is 249. The maximum absolute atomic E-state index is 5.31. The average molecular weight is 208 g/mol. The molecule has 1 aromatic carbocycles. The third kappa shape index (κ3) is 6.23. The van der Waals surface area contributed by atoms with Crippen LogP contribution in [-0.2, 0) is 11.4 Å². The van der Waals surface area contributed by atoms with Crippen molar-refractivity contribution in [2.45, 2.75) is 13.0 Å². The summed E-state index contributed by atoms with van der Waals surface area (Å²) in [5.41, 5.74) is 4.20. The largest absolute Gasteiger partial charge is 0.309 e. The maximum Gasteiger partial charge on any atom is 0.0694 e. The molecular weight excluding hydrogens is 188 g/mol. The topological polar surface area (TPSA) is 24.5 Å². The van der Waals surface area contributed by atoms with Gasteiger partial charge in [0.25, 0.3) is 0 Å². The molecule has 3 heteroatoms. The minimum atomic E-state index is 0.755. The first-order valence-electron chi connectivity index (χ1n) is 5.32. The molecule has 84 valence electrons. The number of nitrogens with one attached hydrogen (secondary N) is 1. The number of benzene rings is 1. The van der Waals surface area contributed by atoms with Crippen molar-refractivity contribution in [1.82, 2.24) is 10.4 Å². The molecule has 1 rings (SSSR count). The van der Waals surface area contributed by atoms with Crippen molar-refractivity contribution in [2.24, 2.45) is 0 Å². The van der Waals surface area contributed by atoms with Crippen LogP contribution in [0.1, 0.15) is 12.0 Å². The summed E-state index contributed by atoms with van der Waals surface area (Å²) in [5.74, 6) is 0. The molecule has 0 atom stereocenters. The molecule has 0 saturated carbocycles. The monoisotopic (exact) mass is 208 g/mol. The summed E-state index contributed by atoms with van der Waals surface area (Å²) in [4.78, 5) is 7.46. The predicted molar refractivity (Wildman–Crippen MR) is 62.4 cm³/mol. The van der Waals surface area contributed by atoms with Gasteiger partial charge in [-0.05, 0) is 32.6 Å². The highest BCUT2D eigenvalue weighted by Gasteiger charge is 1.92. The summed E-state index contributed by atoms with van der Waals surface area (Å²) in [5, 5.41) is 0. The van der Waals surface area contributed by atoms with Crippen LogP contribution in [0.5, 0.6) is 0 Å². The Kier molecular flexibility index (Phi) is 6.00. The quantitative estimate of drug-likeness (QED) is 0.545. The van der Waals surface area contributed by atoms with Crippen LogP contribution in [0.4, 0.5) is 0 Å². The second-order valence-electron chi connectivity index (χ2n) is 3.81. The first-order valence-corrected chi connectivity index (χ1v) is 5.32. The average Bonchev–Trinajstić information content (AvgIpc) is 2.24. The number of nitrogens with zero attached hydrogens (tertiary/aromatic N) is 1.